The molecule has 0 N–H and O–H groups in total. The standard InChI is InChI=1S/C12H17BrS/c1-14-9-5-8-12(10-13)11-6-3-2-4-7-11/h2-4,6-7,12H,5,8-10H2,1H3. The van der Waals surface area contributed by atoms with Gasteiger partial charge in [-0.15, -0.1) is 0 Å². The predicted molar refractivity (Wildman–Crippen MR) is 70.6 cm³/mol. The van der Waals surface area contributed by atoms with Gasteiger partial charge < -0.3 is 0 Å². The van der Waals surface area contributed by atoms with Crippen LogP contribution in [0.2, 0.25) is 0 Å². The molecule has 1 unspecified atom stereocenters. The predicted octanol–water partition coefficient (Wildman–Crippen LogP) is 4.31. The molecule has 14 heavy (non-hydrogen) atoms. The first-order chi connectivity index (χ1) is 6.88. The van der Waals surface area contributed by atoms with Crippen LogP contribution in [0.15, 0.2) is 30.3 Å². The van der Waals surface area contributed by atoms with Crippen molar-refractivity contribution in [1.82, 2.24) is 0 Å². The summed E-state index contributed by atoms with van der Waals surface area (Å²) < 4.78 is 0. The monoisotopic (exact) mass is 272 g/mol. The number of benzene rings is 1. The van der Waals surface area contributed by atoms with Crippen molar-refractivity contribution in [3.8, 4) is 0 Å². The molecular weight excluding hydrogens is 256 g/mol. The zero-order valence-corrected chi connectivity index (χ0v) is 11.0. The van der Waals surface area contributed by atoms with E-state index in [1.54, 1.807) is 0 Å². The van der Waals surface area contributed by atoms with Gasteiger partial charge in [0.25, 0.3) is 0 Å². The lowest BCUT2D eigenvalue weighted by molar-refractivity contribution is 0.681. The molecule has 0 saturated carbocycles. The Bertz CT molecular complexity index is 235. The van der Waals surface area contributed by atoms with Crippen LogP contribution in [0.1, 0.15) is 24.3 Å². The van der Waals surface area contributed by atoms with Crippen LogP contribution in [0.5, 0.6) is 0 Å². The molecule has 0 nitrogen and oxygen atoms in total. The van der Waals surface area contributed by atoms with Crippen molar-refractivity contribution >= 4 is 27.7 Å². The second-order valence-electron chi connectivity index (χ2n) is 3.40. The van der Waals surface area contributed by atoms with Gasteiger partial charge in [-0.3, -0.25) is 0 Å². The van der Waals surface area contributed by atoms with Crippen molar-refractivity contribution in [1.29, 1.82) is 0 Å². The van der Waals surface area contributed by atoms with Gasteiger partial charge in [0.05, 0.1) is 0 Å². The number of alkyl halides is 1. The summed E-state index contributed by atoms with van der Waals surface area (Å²) in [5.74, 6) is 1.96. The minimum atomic E-state index is 0.684. The molecule has 1 atom stereocenters. The molecule has 0 bridgehead atoms. The Labute approximate surface area is 99.6 Å². The molecule has 0 aliphatic rings. The third-order valence-electron chi connectivity index (χ3n) is 2.36. The maximum Gasteiger partial charge on any atom is 0.0100 e. The third kappa shape index (κ3) is 4.05. The lowest BCUT2D eigenvalue weighted by Gasteiger charge is -2.13. The van der Waals surface area contributed by atoms with E-state index in [1.165, 1.54) is 24.2 Å². The largest absolute Gasteiger partial charge is 0.165 e. The first-order valence-corrected chi connectivity index (χ1v) is 7.50. The van der Waals surface area contributed by atoms with Crippen LogP contribution in [-0.2, 0) is 0 Å². The molecule has 0 aromatic heterocycles. The van der Waals surface area contributed by atoms with E-state index in [9.17, 15) is 0 Å². The van der Waals surface area contributed by atoms with E-state index in [4.69, 9.17) is 0 Å². The second kappa shape index (κ2) is 7.36. The summed E-state index contributed by atoms with van der Waals surface area (Å²) in [5.41, 5.74) is 1.46. The van der Waals surface area contributed by atoms with Crippen LogP contribution >= 0.6 is 27.7 Å². The molecule has 0 amide bonds. The molecule has 0 fully saturated rings. The molecule has 0 heterocycles. The third-order valence-corrected chi connectivity index (χ3v) is 3.84. The number of hydrogen-bond acceptors (Lipinski definition) is 1. The summed E-state index contributed by atoms with van der Waals surface area (Å²) in [6.45, 7) is 0. The van der Waals surface area contributed by atoms with E-state index in [0.717, 1.165) is 5.33 Å². The van der Waals surface area contributed by atoms with Gasteiger partial charge in [-0.05, 0) is 36.3 Å². The van der Waals surface area contributed by atoms with E-state index in [2.05, 4.69) is 52.5 Å². The molecule has 1 rings (SSSR count). The van der Waals surface area contributed by atoms with E-state index in [-0.39, 0.29) is 0 Å². The highest BCUT2D eigenvalue weighted by molar-refractivity contribution is 9.09. The Morgan fingerprint density at radius 1 is 1.29 bits per heavy atom. The first-order valence-electron chi connectivity index (χ1n) is 4.98. The van der Waals surface area contributed by atoms with Crippen LogP contribution in [-0.4, -0.2) is 17.3 Å². The minimum absolute atomic E-state index is 0.684. The molecule has 0 aliphatic heterocycles. The van der Waals surface area contributed by atoms with Gasteiger partial charge in [0.15, 0.2) is 0 Å². The molecular formula is C12H17BrS. The van der Waals surface area contributed by atoms with Crippen molar-refractivity contribution in [3.63, 3.8) is 0 Å². The topological polar surface area (TPSA) is 0 Å². The fourth-order valence-electron chi connectivity index (χ4n) is 1.53. The fourth-order valence-corrected chi connectivity index (χ4v) is 2.69. The maximum atomic E-state index is 3.60. The summed E-state index contributed by atoms with van der Waals surface area (Å²) >= 11 is 5.53. The van der Waals surface area contributed by atoms with Gasteiger partial charge in [-0.2, -0.15) is 11.8 Å². The van der Waals surface area contributed by atoms with Gasteiger partial charge in [0.2, 0.25) is 0 Å². The Hall–Kier alpha value is 0.0500. The lowest BCUT2D eigenvalue weighted by Crippen LogP contribution is -2.00. The Morgan fingerprint density at radius 2 is 2.00 bits per heavy atom. The summed E-state index contributed by atoms with van der Waals surface area (Å²) in [6, 6.07) is 10.8. The Kier molecular flexibility index (Phi) is 6.37. The molecule has 78 valence electrons. The van der Waals surface area contributed by atoms with E-state index >= 15 is 0 Å². The van der Waals surface area contributed by atoms with Crippen molar-refractivity contribution in [3.05, 3.63) is 35.9 Å². The summed E-state index contributed by atoms with van der Waals surface area (Å²) in [4.78, 5) is 0. The molecule has 1 aromatic rings. The Balaban J connectivity index is 2.46. The van der Waals surface area contributed by atoms with E-state index in [0.29, 0.717) is 5.92 Å². The van der Waals surface area contributed by atoms with Crippen LogP contribution in [0.4, 0.5) is 0 Å². The van der Waals surface area contributed by atoms with E-state index < -0.39 is 0 Å². The van der Waals surface area contributed by atoms with Crippen LogP contribution < -0.4 is 0 Å². The summed E-state index contributed by atoms with van der Waals surface area (Å²) in [7, 11) is 0. The van der Waals surface area contributed by atoms with Crippen LogP contribution in [0.3, 0.4) is 0 Å². The molecule has 0 saturated heterocycles. The minimum Gasteiger partial charge on any atom is -0.165 e. The zero-order chi connectivity index (χ0) is 10.2. The smallest absolute Gasteiger partial charge is 0.0100 e. The normalized spacial score (nSPS) is 12.7. The average molecular weight is 273 g/mol. The second-order valence-corrected chi connectivity index (χ2v) is 5.03. The lowest BCUT2D eigenvalue weighted by atomic mass is 9.97. The maximum absolute atomic E-state index is 3.60. The van der Waals surface area contributed by atoms with E-state index in [1.807, 2.05) is 11.8 Å². The first kappa shape index (κ1) is 12.1. The highest BCUT2D eigenvalue weighted by Crippen LogP contribution is 2.23. The molecule has 2 heteroatoms. The zero-order valence-electron chi connectivity index (χ0n) is 8.58. The molecule has 0 spiro atoms. The van der Waals surface area contributed by atoms with Crippen LogP contribution in [0.25, 0.3) is 0 Å². The highest BCUT2D eigenvalue weighted by Gasteiger charge is 2.08. The number of hydrogen-bond donors (Lipinski definition) is 0. The average Bonchev–Trinajstić information content (AvgIpc) is 2.26. The van der Waals surface area contributed by atoms with Gasteiger partial charge in [0.1, 0.15) is 0 Å². The van der Waals surface area contributed by atoms with Crippen molar-refractivity contribution in [2.45, 2.75) is 18.8 Å². The SMILES string of the molecule is CSCCCC(CBr)c1ccccc1. The number of rotatable bonds is 6. The number of halogens is 1. The van der Waals surface area contributed by atoms with Crippen molar-refractivity contribution in [2.24, 2.45) is 0 Å². The van der Waals surface area contributed by atoms with Gasteiger partial charge in [0, 0.05) is 5.33 Å². The summed E-state index contributed by atoms with van der Waals surface area (Å²) in [6.07, 6.45) is 4.77. The van der Waals surface area contributed by atoms with Crippen molar-refractivity contribution < 1.29 is 0 Å². The number of thioether (sulfide) groups is 1. The molecule has 0 radical (unpaired) electrons. The molecule has 0 aliphatic carbocycles. The summed E-state index contributed by atoms with van der Waals surface area (Å²) in [5, 5.41) is 1.07. The fraction of sp³-hybridized carbons (Fsp3) is 0.500. The van der Waals surface area contributed by atoms with Gasteiger partial charge >= 0.3 is 0 Å². The van der Waals surface area contributed by atoms with Crippen LogP contribution in [0, 0.1) is 0 Å². The van der Waals surface area contributed by atoms with Gasteiger partial charge in [-0.1, -0.05) is 46.3 Å². The van der Waals surface area contributed by atoms with Crippen molar-refractivity contribution in [2.75, 3.05) is 17.3 Å². The van der Waals surface area contributed by atoms with Gasteiger partial charge in [-0.25, -0.2) is 0 Å². The Morgan fingerprint density at radius 3 is 2.57 bits per heavy atom. The molecule has 1 aromatic carbocycles. The quantitative estimate of drug-likeness (QED) is 0.550. The highest BCUT2D eigenvalue weighted by atomic mass is 79.9.